The molecule has 0 saturated heterocycles. The van der Waals surface area contributed by atoms with E-state index in [4.69, 9.17) is 0 Å². The first-order chi connectivity index (χ1) is 13.0. The van der Waals surface area contributed by atoms with Crippen LogP contribution >= 0.6 is 12.3 Å². The van der Waals surface area contributed by atoms with E-state index in [0.717, 1.165) is 12.3 Å². The monoisotopic (exact) mass is 388 g/mol. The zero-order valence-electron chi connectivity index (χ0n) is 14.6. The molecule has 0 radical (unpaired) electrons. The van der Waals surface area contributed by atoms with Crippen LogP contribution in [0.25, 0.3) is 0 Å². The van der Waals surface area contributed by atoms with Crippen molar-refractivity contribution in [3.05, 3.63) is 70.8 Å². The molecule has 0 atom stereocenters. The standard InChI is InChI=1S/C9H6O2.C8H4O3.C2H6O2S/c10-8-5-9(11)7-4-2-1-3-6(7)8;9-7-5-3-1-2-4-6(5)8(10)11-7;1-3-5-4-2/h1-4H,5H2;1-4H;1-2H3. The average Bonchev–Trinajstić information content (AvgIpc) is 3.13. The Kier molecular flexibility index (Phi) is 7.42. The molecule has 1 aliphatic carbocycles. The van der Waals surface area contributed by atoms with Crippen molar-refractivity contribution in [1.29, 1.82) is 0 Å². The van der Waals surface area contributed by atoms with Crippen molar-refractivity contribution >= 4 is 35.8 Å². The van der Waals surface area contributed by atoms with Gasteiger partial charge in [0.1, 0.15) is 0 Å². The SMILES string of the molecule is COSOC.O=C1CC(=O)c2ccccc21.O=C1OC(=O)c2ccccc21. The van der Waals surface area contributed by atoms with Crippen LogP contribution in [-0.2, 0) is 13.1 Å². The van der Waals surface area contributed by atoms with Crippen LogP contribution in [0, 0.1) is 0 Å². The molecule has 0 saturated carbocycles. The molecular formula is C19H16O7S. The van der Waals surface area contributed by atoms with E-state index in [1.54, 1.807) is 62.8 Å². The summed E-state index contributed by atoms with van der Waals surface area (Å²) in [5.74, 6) is -1.20. The van der Waals surface area contributed by atoms with Gasteiger partial charge in [-0.1, -0.05) is 36.4 Å². The Morgan fingerprint density at radius 1 is 0.704 bits per heavy atom. The topological polar surface area (TPSA) is 96.0 Å². The Morgan fingerprint density at radius 3 is 1.41 bits per heavy atom. The van der Waals surface area contributed by atoms with Crippen molar-refractivity contribution in [1.82, 2.24) is 0 Å². The van der Waals surface area contributed by atoms with Crippen LogP contribution in [0.4, 0.5) is 0 Å². The van der Waals surface area contributed by atoms with Crippen molar-refractivity contribution in [3.8, 4) is 0 Å². The Hall–Kier alpha value is -2.81. The van der Waals surface area contributed by atoms with Crippen molar-refractivity contribution in [2.45, 2.75) is 6.42 Å². The van der Waals surface area contributed by atoms with Crippen LogP contribution in [0.3, 0.4) is 0 Å². The number of fused-ring (bicyclic) bond motifs is 2. The third-order valence-corrected chi connectivity index (χ3v) is 3.81. The van der Waals surface area contributed by atoms with Gasteiger partial charge < -0.3 is 4.74 Å². The lowest BCUT2D eigenvalue weighted by Crippen LogP contribution is -1.96. The van der Waals surface area contributed by atoms with Crippen LogP contribution in [0.5, 0.6) is 0 Å². The van der Waals surface area contributed by atoms with Gasteiger partial charge in [-0.2, -0.15) is 0 Å². The van der Waals surface area contributed by atoms with Crippen molar-refractivity contribution in [3.63, 3.8) is 0 Å². The maximum Gasteiger partial charge on any atom is 0.346 e. The fourth-order valence-electron chi connectivity index (χ4n) is 2.41. The summed E-state index contributed by atoms with van der Waals surface area (Å²) in [5, 5.41) is 0. The summed E-state index contributed by atoms with van der Waals surface area (Å²) < 4.78 is 13.1. The summed E-state index contributed by atoms with van der Waals surface area (Å²) in [6.45, 7) is 0. The van der Waals surface area contributed by atoms with Crippen LogP contribution < -0.4 is 0 Å². The highest BCUT2D eigenvalue weighted by molar-refractivity contribution is 7.89. The minimum atomic E-state index is -0.550. The predicted molar refractivity (Wildman–Crippen MR) is 97.5 cm³/mol. The summed E-state index contributed by atoms with van der Waals surface area (Å²) >= 11 is 0.963. The van der Waals surface area contributed by atoms with Crippen LogP contribution in [-0.4, -0.2) is 37.7 Å². The number of Topliss-reactive ketones (excluding diaryl/α,β-unsaturated/α-hetero) is 2. The van der Waals surface area contributed by atoms with E-state index in [0.29, 0.717) is 22.3 Å². The molecule has 2 aliphatic rings. The van der Waals surface area contributed by atoms with Crippen molar-refractivity contribution in [2.75, 3.05) is 14.2 Å². The third-order valence-electron chi connectivity index (χ3n) is 3.54. The van der Waals surface area contributed by atoms with Crippen LogP contribution in [0.1, 0.15) is 47.9 Å². The number of carbonyl (C=O) groups is 4. The first kappa shape index (κ1) is 20.5. The van der Waals surface area contributed by atoms with Crippen LogP contribution in [0.2, 0.25) is 0 Å². The maximum absolute atomic E-state index is 11.1. The van der Waals surface area contributed by atoms with Gasteiger partial charge >= 0.3 is 11.9 Å². The van der Waals surface area contributed by atoms with Gasteiger partial charge in [-0.3, -0.25) is 18.0 Å². The lowest BCUT2D eigenvalue weighted by molar-refractivity contribution is 0.0443. The fraction of sp³-hybridized carbons (Fsp3) is 0.158. The van der Waals surface area contributed by atoms with Crippen molar-refractivity contribution < 1.29 is 32.3 Å². The average molecular weight is 388 g/mol. The molecule has 2 aromatic rings. The second-order valence-electron chi connectivity index (χ2n) is 5.19. The lowest BCUT2D eigenvalue weighted by atomic mass is 10.1. The Bertz CT molecular complexity index is 738. The highest BCUT2D eigenvalue weighted by Gasteiger charge is 2.28. The molecule has 0 spiro atoms. The van der Waals surface area contributed by atoms with Gasteiger partial charge in [-0.05, 0) is 12.1 Å². The fourth-order valence-corrected chi connectivity index (χ4v) is 2.54. The number of hydrogen-bond acceptors (Lipinski definition) is 8. The number of cyclic esters (lactones) is 2. The minimum Gasteiger partial charge on any atom is -0.386 e. The summed E-state index contributed by atoms with van der Waals surface area (Å²) in [6, 6.07) is 13.5. The minimum absolute atomic E-state index is 0.0504. The van der Waals surface area contributed by atoms with Gasteiger partial charge in [0.2, 0.25) is 0 Å². The molecule has 0 bridgehead atoms. The van der Waals surface area contributed by atoms with Gasteiger partial charge in [0, 0.05) is 11.1 Å². The molecule has 0 N–H and O–H groups in total. The van der Waals surface area contributed by atoms with Gasteiger partial charge in [0.05, 0.1) is 31.8 Å². The molecule has 1 aliphatic heterocycles. The summed E-state index contributed by atoms with van der Waals surface area (Å²) in [6.07, 6.45) is 0.0549. The van der Waals surface area contributed by atoms with E-state index >= 15 is 0 Å². The molecule has 4 rings (SSSR count). The molecule has 27 heavy (non-hydrogen) atoms. The number of benzene rings is 2. The van der Waals surface area contributed by atoms with Gasteiger partial charge in [0.25, 0.3) is 0 Å². The first-order valence-electron chi connectivity index (χ1n) is 7.74. The highest BCUT2D eigenvalue weighted by Crippen LogP contribution is 2.20. The lowest BCUT2D eigenvalue weighted by Gasteiger charge is -1.90. The van der Waals surface area contributed by atoms with Gasteiger partial charge in [-0.25, -0.2) is 9.59 Å². The first-order valence-corrected chi connectivity index (χ1v) is 8.40. The van der Waals surface area contributed by atoms with E-state index in [9.17, 15) is 19.2 Å². The second-order valence-corrected chi connectivity index (χ2v) is 6.00. The quantitative estimate of drug-likeness (QED) is 0.439. The van der Waals surface area contributed by atoms with Gasteiger partial charge in [0.15, 0.2) is 23.9 Å². The van der Waals surface area contributed by atoms with Gasteiger partial charge in [-0.15, -0.1) is 0 Å². The number of ketones is 2. The molecule has 8 heteroatoms. The number of rotatable bonds is 2. The molecule has 0 aromatic heterocycles. The van der Waals surface area contributed by atoms with Crippen LogP contribution in [0.15, 0.2) is 48.5 Å². The molecule has 0 amide bonds. The van der Waals surface area contributed by atoms with Crippen molar-refractivity contribution in [2.24, 2.45) is 0 Å². The summed E-state index contributed by atoms with van der Waals surface area (Å²) in [4.78, 5) is 43.8. The zero-order chi connectivity index (χ0) is 19.8. The second kappa shape index (κ2) is 9.77. The Labute approximate surface area is 160 Å². The molecule has 7 nitrogen and oxygen atoms in total. The molecule has 1 heterocycles. The molecule has 0 fully saturated rings. The number of ether oxygens (including phenoxy) is 1. The highest BCUT2D eigenvalue weighted by atomic mass is 32.2. The molecule has 2 aromatic carbocycles. The third kappa shape index (κ3) is 5.10. The summed E-state index contributed by atoms with van der Waals surface area (Å²) in [5.41, 5.74) is 1.88. The molecule has 140 valence electrons. The number of carbonyl (C=O) groups excluding carboxylic acids is 4. The molecular weight excluding hydrogens is 372 g/mol. The Morgan fingerprint density at radius 2 is 1.07 bits per heavy atom. The Balaban J connectivity index is 0.000000157. The number of hydrogen-bond donors (Lipinski definition) is 0. The number of esters is 2. The van der Waals surface area contributed by atoms with E-state index in [2.05, 4.69) is 13.1 Å². The maximum atomic E-state index is 11.1. The largest absolute Gasteiger partial charge is 0.386 e. The van der Waals surface area contributed by atoms with E-state index in [1.807, 2.05) is 0 Å². The molecule has 0 unspecified atom stereocenters. The van der Waals surface area contributed by atoms with E-state index in [-0.39, 0.29) is 18.0 Å². The smallest absolute Gasteiger partial charge is 0.346 e. The zero-order valence-corrected chi connectivity index (χ0v) is 15.4. The summed E-state index contributed by atoms with van der Waals surface area (Å²) in [7, 11) is 3.10. The van der Waals surface area contributed by atoms with E-state index in [1.165, 1.54) is 0 Å². The normalized spacial score (nSPS) is 13.7. The predicted octanol–water partition coefficient (Wildman–Crippen LogP) is 3.30. The van der Waals surface area contributed by atoms with E-state index < -0.39 is 11.9 Å².